The summed E-state index contributed by atoms with van der Waals surface area (Å²) in [6.45, 7) is 0. The zero-order chi connectivity index (χ0) is 15.5. The van der Waals surface area contributed by atoms with Crippen LogP contribution < -0.4 is 0 Å². The van der Waals surface area contributed by atoms with Crippen LogP contribution in [-0.2, 0) is 9.84 Å². The van der Waals surface area contributed by atoms with Crippen molar-refractivity contribution in [3.63, 3.8) is 0 Å². The van der Waals surface area contributed by atoms with Crippen molar-refractivity contribution < 1.29 is 17.2 Å². The summed E-state index contributed by atoms with van der Waals surface area (Å²) in [5.41, 5.74) is 0.0879. The third-order valence-electron chi connectivity index (χ3n) is 2.69. The summed E-state index contributed by atoms with van der Waals surface area (Å²) in [4.78, 5) is -0.583. The van der Waals surface area contributed by atoms with Crippen molar-refractivity contribution in [2.24, 2.45) is 0 Å². The molecule has 21 heavy (non-hydrogen) atoms. The lowest BCUT2D eigenvalue weighted by Crippen LogP contribution is -2.03. The third-order valence-corrected chi connectivity index (χ3v) is 4.38. The van der Waals surface area contributed by atoms with Gasteiger partial charge in [0.1, 0.15) is 11.0 Å². The van der Waals surface area contributed by atoms with E-state index in [1.54, 1.807) is 12.1 Å². The van der Waals surface area contributed by atoms with E-state index in [-0.39, 0.29) is 10.5 Å². The Balaban J connectivity index is 2.51. The Kier molecular flexibility index (Phi) is 4.15. The molecule has 0 spiro atoms. The van der Waals surface area contributed by atoms with Gasteiger partial charge in [-0.15, -0.1) is 0 Å². The molecule has 0 saturated heterocycles. The maximum atomic E-state index is 13.1. The molecule has 6 heteroatoms. The minimum Gasteiger partial charge on any atom is -0.218 e. The molecule has 0 aromatic heterocycles. The molecule has 0 atom stereocenters. The first-order valence-corrected chi connectivity index (χ1v) is 7.30. The van der Waals surface area contributed by atoms with Crippen molar-refractivity contribution in [3.8, 4) is 6.07 Å². The van der Waals surface area contributed by atoms with Crippen molar-refractivity contribution in [3.05, 3.63) is 70.6 Å². The Morgan fingerprint density at radius 1 is 1.05 bits per heavy atom. The Morgan fingerprint density at radius 3 is 2.29 bits per heavy atom. The van der Waals surface area contributed by atoms with Crippen LogP contribution in [0.2, 0.25) is 0 Å². The highest BCUT2D eigenvalue weighted by Gasteiger charge is 2.20. The number of benzene rings is 2. The summed E-state index contributed by atoms with van der Waals surface area (Å²) in [6.07, 6.45) is 1.00. The Hall–Kier alpha value is -2.52. The van der Waals surface area contributed by atoms with E-state index >= 15 is 0 Å². The first-order chi connectivity index (χ1) is 9.95. The number of rotatable bonds is 3. The fourth-order valence-corrected chi connectivity index (χ4v) is 2.83. The van der Waals surface area contributed by atoms with Crippen molar-refractivity contribution >= 4 is 15.9 Å². The molecule has 2 aromatic rings. The summed E-state index contributed by atoms with van der Waals surface area (Å²) in [6, 6.07) is 11.9. The lowest BCUT2D eigenvalue weighted by Gasteiger charge is -2.03. The number of hydrogen-bond donors (Lipinski definition) is 0. The molecule has 0 bridgehead atoms. The van der Waals surface area contributed by atoms with Crippen molar-refractivity contribution in [1.29, 1.82) is 5.26 Å². The quantitative estimate of drug-likeness (QED) is 0.817. The van der Waals surface area contributed by atoms with Gasteiger partial charge in [-0.3, -0.25) is 0 Å². The molecule has 0 aliphatic carbocycles. The van der Waals surface area contributed by atoms with Crippen LogP contribution in [-0.4, -0.2) is 8.42 Å². The Morgan fingerprint density at radius 2 is 1.71 bits per heavy atom. The predicted octanol–water partition coefficient (Wildman–Crippen LogP) is 3.30. The van der Waals surface area contributed by atoms with Gasteiger partial charge in [-0.1, -0.05) is 24.3 Å². The van der Waals surface area contributed by atoms with Gasteiger partial charge in [-0.2, -0.15) is 5.26 Å². The molecule has 2 aromatic carbocycles. The maximum Gasteiger partial charge on any atom is 0.216 e. The first kappa shape index (κ1) is 14.9. The smallest absolute Gasteiger partial charge is 0.216 e. The molecule has 0 N–H and O–H groups in total. The lowest BCUT2D eigenvalue weighted by atomic mass is 10.2. The van der Waals surface area contributed by atoms with Crippen LogP contribution in [0.4, 0.5) is 8.78 Å². The molecule has 0 amide bonds. The van der Waals surface area contributed by atoms with Gasteiger partial charge in [-0.05, 0) is 35.9 Å². The minimum absolute atomic E-state index is 0.0413. The summed E-state index contributed by atoms with van der Waals surface area (Å²) < 4.78 is 50.5. The van der Waals surface area contributed by atoms with E-state index in [1.165, 1.54) is 30.3 Å². The number of sulfone groups is 1. The molecule has 0 aliphatic rings. The van der Waals surface area contributed by atoms with Crippen molar-refractivity contribution in [2.45, 2.75) is 4.90 Å². The number of hydrogen-bond acceptors (Lipinski definition) is 3. The van der Waals surface area contributed by atoms with Crippen LogP contribution in [0.15, 0.2) is 58.3 Å². The van der Waals surface area contributed by atoms with Crippen LogP contribution in [0.3, 0.4) is 0 Å². The highest BCUT2D eigenvalue weighted by molar-refractivity contribution is 7.95. The van der Waals surface area contributed by atoms with E-state index in [4.69, 9.17) is 5.26 Å². The number of halogens is 2. The summed E-state index contributed by atoms with van der Waals surface area (Å²) >= 11 is 0. The molecule has 0 aliphatic heterocycles. The molecule has 0 radical (unpaired) electrons. The second-order valence-electron chi connectivity index (χ2n) is 4.11. The van der Waals surface area contributed by atoms with Crippen LogP contribution in [0.1, 0.15) is 5.56 Å². The maximum absolute atomic E-state index is 13.1. The van der Waals surface area contributed by atoms with Crippen LogP contribution in [0, 0.1) is 23.0 Å². The SMILES string of the molecule is N#C/C(=C/c1ccc(F)c(F)c1)S(=O)(=O)c1ccccc1. The molecule has 0 unspecified atom stereocenters. The first-order valence-electron chi connectivity index (χ1n) is 5.82. The van der Waals surface area contributed by atoms with E-state index in [0.29, 0.717) is 0 Å². The van der Waals surface area contributed by atoms with Gasteiger partial charge in [0, 0.05) is 0 Å². The summed E-state index contributed by atoms with van der Waals surface area (Å²) in [5.74, 6) is -2.16. The highest BCUT2D eigenvalue weighted by atomic mass is 32.2. The van der Waals surface area contributed by atoms with Crippen molar-refractivity contribution in [1.82, 2.24) is 0 Å². The summed E-state index contributed by atoms with van der Waals surface area (Å²) in [5, 5.41) is 9.04. The molecule has 106 valence electrons. The molecule has 0 fully saturated rings. The fraction of sp³-hybridized carbons (Fsp3) is 0. The van der Waals surface area contributed by atoms with Gasteiger partial charge in [0.15, 0.2) is 11.6 Å². The Labute approximate surface area is 120 Å². The third kappa shape index (κ3) is 3.15. The van der Waals surface area contributed by atoms with E-state index in [9.17, 15) is 17.2 Å². The average Bonchev–Trinajstić information content (AvgIpc) is 2.49. The molecular weight excluding hydrogens is 296 g/mol. The normalized spacial score (nSPS) is 12.0. The van der Waals surface area contributed by atoms with Crippen LogP contribution in [0.25, 0.3) is 6.08 Å². The molecule has 0 heterocycles. The topological polar surface area (TPSA) is 57.9 Å². The standard InChI is InChI=1S/C15H9F2NO2S/c16-14-7-6-11(9-15(14)17)8-13(10-18)21(19,20)12-4-2-1-3-5-12/h1-9H/b13-8-. The minimum atomic E-state index is -3.99. The highest BCUT2D eigenvalue weighted by Crippen LogP contribution is 2.21. The van der Waals surface area contributed by atoms with Crippen LogP contribution >= 0.6 is 0 Å². The van der Waals surface area contributed by atoms with Gasteiger partial charge in [0.25, 0.3) is 0 Å². The molecule has 3 nitrogen and oxygen atoms in total. The second-order valence-corrected chi connectivity index (χ2v) is 6.03. The van der Waals surface area contributed by atoms with Gasteiger partial charge in [0.2, 0.25) is 9.84 Å². The predicted molar refractivity (Wildman–Crippen MR) is 73.6 cm³/mol. The fourth-order valence-electron chi connectivity index (χ4n) is 1.65. The van der Waals surface area contributed by atoms with E-state index in [0.717, 1.165) is 18.2 Å². The van der Waals surface area contributed by atoms with Gasteiger partial charge in [-0.25, -0.2) is 17.2 Å². The second kappa shape index (κ2) is 5.85. The number of allylic oxidation sites excluding steroid dienone is 1. The number of nitrogens with zero attached hydrogens (tertiary/aromatic N) is 1. The van der Waals surface area contributed by atoms with Gasteiger partial charge < -0.3 is 0 Å². The van der Waals surface area contributed by atoms with E-state index < -0.39 is 26.4 Å². The van der Waals surface area contributed by atoms with Gasteiger partial charge in [0.05, 0.1) is 4.90 Å². The molecule has 0 saturated carbocycles. The summed E-state index contributed by atoms with van der Waals surface area (Å²) in [7, 11) is -3.99. The number of nitriles is 1. The van der Waals surface area contributed by atoms with E-state index in [1.807, 2.05) is 0 Å². The van der Waals surface area contributed by atoms with Crippen molar-refractivity contribution in [2.75, 3.05) is 0 Å². The zero-order valence-electron chi connectivity index (χ0n) is 10.6. The molecule has 2 rings (SSSR count). The molecular formula is C15H9F2NO2S. The van der Waals surface area contributed by atoms with E-state index in [2.05, 4.69) is 0 Å². The Bertz CT molecular complexity index is 838. The largest absolute Gasteiger partial charge is 0.218 e. The van der Waals surface area contributed by atoms with Gasteiger partial charge >= 0.3 is 0 Å². The average molecular weight is 305 g/mol. The monoisotopic (exact) mass is 305 g/mol. The van der Waals surface area contributed by atoms with Crippen LogP contribution in [0.5, 0.6) is 0 Å². The lowest BCUT2D eigenvalue weighted by molar-refractivity contribution is 0.508. The zero-order valence-corrected chi connectivity index (χ0v) is 11.4.